The molecule has 2 heterocycles. The number of amides is 1. The summed E-state index contributed by atoms with van der Waals surface area (Å²) >= 11 is 4.81. The van der Waals surface area contributed by atoms with Crippen LogP contribution in [0.25, 0.3) is 0 Å². The van der Waals surface area contributed by atoms with E-state index in [1.54, 1.807) is 12.4 Å². The van der Waals surface area contributed by atoms with E-state index in [9.17, 15) is 4.79 Å². The highest BCUT2D eigenvalue weighted by molar-refractivity contribution is 9.10. The van der Waals surface area contributed by atoms with Crippen LogP contribution in [0.4, 0.5) is 5.69 Å². The fourth-order valence-corrected chi connectivity index (χ4v) is 2.54. The molecule has 2 rings (SSSR count). The molecular weight excluding hydrogens is 302 g/mol. The SMILES string of the molecule is NC(=O)C(Nc1cncc(Br)c1)c1cccs1. The fraction of sp³-hybridized carbons (Fsp3) is 0.0909. The topological polar surface area (TPSA) is 68.0 Å². The predicted molar refractivity (Wildman–Crippen MR) is 71.8 cm³/mol. The molecule has 6 heteroatoms. The van der Waals surface area contributed by atoms with Crippen molar-refractivity contribution in [1.82, 2.24) is 4.98 Å². The molecule has 88 valence electrons. The Hall–Kier alpha value is -1.40. The summed E-state index contributed by atoms with van der Waals surface area (Å²) in [7, 11) is 0. The van der Waals surface area contributed by atoms with Crippen molar-refractivity contribution in [3.63, 3.8) is 0 Å². The molecule has 0 saturated carbocycles. The van der Waals surface area contributed by atoms with E-state index in [4.69, 9.17) is 5.73 Å². The van der Waals surface area contributed by atoms with E-state index in [1.807, 2.05) is 23.6 Å². The van der Waals surface area contributed by atoms with Crippen molar-refractivity contribution in [2.24, 2.45) is 5.73 Å². The first-order chi connectivity index (χ1) is 8.16. The highest BCUT2D eigenvalue weighted by Crippen LogP contribution is 2.24. The van der Waals surface area contributed by atoms with Gasteiger partial charge in [-0.1, -0.05) is 6.07 Å². The Labute approximate surface area is 111 Å². The first kappa shape index (κ1) is 12.1. The lowest BCUT2D eigenvalue weighted by Crippen LogP contribution is -2.27. The molecule has 0 aliphatic carbocycles. The molecule has 3 N–H and O–H groups in total. The number of carbonyl (C=O) groups is 1. The lowest BCUT2D eigenvalue weighted by Gasteiger charge is -2.14. The molecule has 4 nitrogen and oxygen atoms in total. The molecule has 2 aromatic heterocycles. The third kappa shape index (κ3) is 3.04. The van der Waals surface area contributed by atoms with Gasteiger partial charge in [0.05, 0.1) is 11.9 Å². The molecule has 17 heavy (non-hydrogen) atoms. The minimum atomic E-state index is -0.522. The van der Waals surface area contributed by atoms with Gasteiger partial charge in [-0.25, -0.2) is 0 Å². The summed E-state index contributed by atoms with van der Waals surface area (Å²) in [5.41, 5.74) is 6.13. The maximum Gasteiger partial charge on any atom is 0.245 e. The number of halogens is 1. The number of nitrogens with zero attached hydrogens (tertiary/aromatic N) is 1. The number of hydrogen-bond donors (Lipinski definition) is 2. The summed E-state index contributed by atoms with van der Waals surface area (Å²) in [4.78, 5) is 16.3. The van der Waals surface area contributed by atoms with Gasteiger partial charge in [-0.3, -0.25) is 9.78 Å². The van der Waals surface area contributed by atoms with Crippen LogP contribution in [0.2, 0.25) is 0 Å². The fourth-order valence-electron chi connectivity index (χ4n) is 1.40. The highest BCUT2D eigenvalue weighted by atomic mass is 79.9. The Balaban J connectivity index is 2.22. The van der Waals surface area contributed by atoms with E-state index in [-0.39, 0.29) is 0 Å². The van der Waals surface area contributed by atoms with Crippen LogP contribution in [0, 0.1) is 0 Å². The first-order valence-corrected chi connectivity index (χ1v) is 6.54. The molecular formula is C11H10BrN3OS. The number of thiophene rings is 1. The smallest absolute Gasteiger partial charge is 0.245 e. The second kappa shape index (κ2) is 5.29. The number of carbonyl (C=O) groups excluding carboxylic acids is 1. The van der Waals surface area contributed by atoms with Crippen LogP contribution >= 0.6 is 27.3 Å². The molecule has 1 amide bonds. The number of nitrogens with two attached hydrogens (primary N) is 1. The third-order valence-electron chi connectivity index (χ3n) is 2.13. The van der Waals surface area contributed by atoms with Gasteiger partial charge in [0.25, 0.3) is 0 Å². The second-order valence-corrected chi connectivity index (χ2v) is 5.28. The van der Waals surface area contributed by atoms with E-state index < -0.39 is 11.9 Å². The molecule has 0 aliphatic heterocycles. The summed E-state index contributed by atoms with van der Waals surface area (Å²) in [6.07, 6.45) is 3.32. The Morgan fingerprint density at radius 1 is 1.53 bits per heavy atom. The van der Waals surface area contributed by atoms with E-state index in [1.165, 1.54) is 11.3 Å². The number of hydrogen-bond acceptors (Lipinski definition) is 4. The Bertz CT molecular complexity index is 515. The Kier molecular flexibility index (Phi) is 3.75. The molecule has 0 spiro atoms. The highest BCUT2D eigenvalue weighted by Gasteiger charge is 2.18. The Morgan fingerprint density at radius 2 is 2.35 bits per heavy atom. The van der Waals surface area contributed by atoms with Crippen LogP contribution in [0.1, 0.15) is 10.9 Å². The summed E-state index contributed by atoms with van der Waals surface area (Å²) in [5.74, 6) is -0.410. The molecule has 0 aromatic carbocycles. The van der Waals surface area contributed by atoms with Gasteiger partial charge >= 0.3 is 0 Å². The van der Waals surface area contributed by atoms with Crippen molar-refractivity contribution >= 4 is 38.9 Å². The van der Waals surface area contributed by atoms with Crippen molar-refractivity contribution in [1.29, 1.82) is 0 Å². The van der Waals surface area contributed by atoms with Gasteiger partial charge in [0, 0.05) is 15.5 Å². The van der Waals surface area contributed by atoms with E-state index in [0.29, 0.717) is 0 Å². The van der Waals surface area contributed by atoms with Gasteiger partial charge in [0.1, 0.15) is 6.04 Å². The van der Waals surface area contributed by atoms with Gasteiger partial charge in [0.2, 0.25) is 5.91 Å². The van der Waals surface area contributed by atoms with Crippen molar-refractivity contribution in [2.45, 2.75) is 6.04 Å². The molecule has 0 saturated heterocycles. The normalized spacial score (nSPS) is 12.1. The zero-order chi connectivity index (χ0) is 12.3. The molecule has 0 radical (unpaired) electrons. The molecule has 1 unspecified atom stereocenters. The van der Waals surface area contributed by atoms with Crippen molar-refractivity contribution in [3.8, 4) is 0 Å². The van der Waals surface area contributed by atoms with Gasteiger partial charge in [-0.15, -0.1) is 11.3 Å². The number of pyridine rings is 1. The van der Waals surface area contributed by atoms with Crippen molar-refractivity contribution < 1.29 is 4.79 Å². The monoisotopic (exact) mass is 311 g/mol. The number of aromatic nitrogens is 1. The largest absolute Gasteiger partial charge is 0.368 e. The standard InChI is InChI=1S/C11H10BrN3OS/c12-7-4-8(6-14-5-7)15-10(11(13)16)9-2-1-3-17-9/h1-6,10,15H,(H2,13,16). The number of anilines is 1. The Morgan fingerprint density at radius 3 is 2.94 bits per heavy atom. The zero-order valence-corrected chi connectivity index (χ0v) is 11.2. The van der Waals surface area contributed by atoms with Crippen molar-refractivity contribution in [2.75, 3.05) is 5.32 Å². The number of primary amides is 1. The number of nitrogens with one attached hydrogen (secondary N) is 1. The summed E-state index contributed by atoms with van der Waals surface area (Å²) in [6.45, 7) is 0. The zero-order valence-electron chi connectivity index (χ0n) is 8.76. The lowest BCUT2D eigenvalue weighted by atomic mass is 10.2. The molecule has 1 atom stereocenters. The van der Waals surface area contributed by atoms with E-state index in [2.05, 4.69) is 26.2 Å². The van der Waals surface area contributed by atoms with Crippen molar-refractivity contribution in [3.05, 3.63) is 45.3 Å². The van der Waals surface area contributed by atoms with Crippen LogP contribution in [0.3, 0.4) is 0 Å². The quantitative estimate of drug-likeness (QED) is 0.911. The maximum absolute atomic E-state index is 11.4. The van der Waals surface area contributed by atoms with Crippen LogP contribution in [-0.4, -0.2) is 10.9 Å². The third-order valence-corrected chi connectivity index (χ3v) is 3.50. The van der Waals surface area contributed by atoms with Gasteiger partial charge in [-0.05, 0) is 33.4 Å². The van der Waals surface area contributed by atoms with Crippen LogP contribution < -0.4 is 11.1 Å². The van der Waals surface area contributed by atoms with Gasteiger partial charge in [-0.2, -0.15) is 0 Å². The summed E-state index contributed by atoms with van der Waals surface area (Å²) in [5, 5.41) is 4.97. The van der Waals surface area contributed by atoms with E-state index in [0.717, 1.165) is 15.0 Å². The molecule has 0 bridgehead atoms. The predicted octanol–water partition coefficient (Wildman–Crippen LogP) is 2.54. The second-order valence-electron chi connectivity index (χ2n) is 3.39. The van der Waals surface area contributed by atoms with Gasteiger partial charge in [0.15, 0.2) is 0 Å². The summed E-state index contributed by atoms with van der Waals surface area (Å²) in [6, 6.07) is 5.08. The molecule has 0 aliphatic rings. The maximum atomic E-state index is 11.4. The summed E-state index contributed by atoms with van der Waals surface area (Å²) < 4.78 is 0.844. The molecule has 2 aromatic rings. The molecule has 0 fully saturated rings. The van der Waals surface area contributed by atoms with Crippen LogP contribution in [0.15, 0.2) is 40.4 Å². The minimum Gasteiger partial charge on any atom is -0.368 e. The van der Waals surface area contributed by atoms with Gasteiger partial charge < -0.3 is 11.1 Å². The minimum absolute atomic E-state index is 0.410. The van der Waals surface area contributed by atoms with Crippen LogP contribution in [-0.2, 0) is 4.79 Å². The van der Waals surface area contributed by atoms with Crippen LogP contribution in [0.5, 0.6) is 0 Å². The van der Waals surface area contributed by atoms with E-state index >= 15 is 0 Å². The first-order valence-electron chi connectivity index (χ1n) is 4.86. The number of rotatable bonds is 4. The lowest BCUT2D eigenvalue weighted by molar-refractivity contribution is -0.118. The average Bonchev–Trinajstić information content (AvgIpc) is 2.78. The average molecular weight is 312 g/mol.